The third-order valence-corrected chi connectivity index (χ3v) is 4.29. The maximum Gasteiger partial charge on any atom is 0.261 e. The van der Waals surface area contributed by atoms with Gasteiger partial charge in [-0.1, -0.05) is 0 Å². The van der Waals surface area contributed by atoms with Crippen molar-refractivity contribution >= 4 is 5.91 Å². The van der Waals surface area contributed by atoms with Crippen molar-refractivity contribution < 1.29 is 4.79 Å². The van der Waals surface area contributed by atoms with Crippen molar-refractivity contribution in [2.75, 3.05) is 19.6 Å². The van der Waals surface area contributed by atoms with Gasteiger partial charge in [-0.25, -0.2) is 0 Å². The summed E-state index contributed by atoms with van der Waals surface area (Å²) in [6.45, 7) is 6.25. The van der Waals surface area contributed by atoms with E-state index < -0.39 is 0 Å². The van der Waals surface area contributed by atoms with E-state index in [9.17, 15) is 9.59 Å². The third kappa shape index (κ3) is 1.98. The average Bonchev–Trinajstić information content (AvgIpc) is 2.87. The van der Waals surface area contributed by atoms with E-state index in [0.717, 1.165) is 37.3 Å². The normalized spacial score (nSPS) is 25.7. The lowest BCUT2D eigenvalue weighted by atomic mass is 10.0. The second-order valence-electron chi connectivity index (χ2n) is 5.61. The van der Waals surface area contributed by atoms with Crippen LogP contribution in [-0.4, -0.2) is 41.5 Å². The SMILES string of the molecule is Cc1cc(C)c(C(=O)N2CC[C@H]3CNC[C@H]32)c(=O)[nH]1. The molecular formula is C14H19N3O2. The molecule has 0 aliphatic carbocycles. The molecule has 0 unspecified atom stereocenters. The van der Waals surface area contributed by atoms with E-state index in [1.54, 1.807) is 0 Å². The number of aromatic amines is 1. The van der Waals surface area contributed by atoms with Gasteiger partial charge in [0, 0.05) is 31.4 Å². The first-order valence-corrected chi connectivity index (χ1v) is 6.80. The van der Waals surface area contributed by atoms with E-state index in [2.05, 4.69) is 10.3 Å². The summed E-state index contributed by atoms with van der Waals surface area (Å²) < 4.78 is 0. The maximum atomic E-state index is 12.6. The van der Waals surface area contributed by atoms with Gasteiger partial charge in [0.1, 0.15) is 5.56 Å². The van der Waals surface area contributed by atoms with Crippen molar-refractivity contribution in [2.24, 2.45) is 5.92 Å². The topological polar surface area (TPSA) is 65.2 Å². The highest BCUT2D eigenvalue weighted by molar-refractivity contribution is 5.95. The molecule has 2 aliphatic heterocycles. The lowest BCUT2D eigenvalue weighted by molar-refractivity contribution is 0.0734. The Morgan fingerprint density at radius 2 is 2.16 bits per heavy atom. The zero-order valence-corrected chi connectivity index (χ0v) is 11.3. The largest absolute Gasteiger partial charge is 0.334 e. The number of fused-ring (bicyclic) bond motifs is 1. The molecule has 1 aromatic rings. The van der Waals surface area contributed by atoms with Crippen molar-refractivity contribution in [3.63, 3.8) is 0 Å². The van der Waals surface area contributed by atoms with Gasteiger partial charge in [-0.05, 0) is 37.8 Å². The number of rotatable bonds is 1. The van der Waals surface area contributed by atoms with Crippen LogP contribution in [0.5, 0.6) is 0 Å². The van der Waals surface area contributed by atoms with Crippen LogP contribution in [0.2, 0.25) is 0 Å². The fourth-order valence-electron chi connectivity index (χ4n) is 3.36. The molecule has 2 saturated heterocycles. The lowest BCUT2D eigenvalue weighted by Gasteiger charge is -2.23. The summed E-state index contributed by atoms with van der Waals surface area (Å²) in [4.78, 5) is 29.3. The number of aromatic nitrogens is 1. The maximum absolute atomic E-state index is 12.6. The standard InChI is InChI=1S/C14H19N3O2/c1-8-5-9(2)16-13(18)12(8)14(19)17-4-3-10-6-15-7-11(10)17/h5,10-11,15H,3-4,6-7H2,1-2H3,(H,16,18)/t10-,11+/m0/s1. The predicted octanol–water partition coefficient (Wildman–Crippen LogP) is 0.426. The number of likely N-dealkylation sites (tertiary alicyclic amines) is 1. The Bertz CT molecular complexity index is 579. The summed E-state index contributed by atoms with van der Waals surface area (Å²) in [7, 11) is 0. The van der Waals surface area contributed by atoms with Crippen molar-refractivity contribution in [3.8, 4) is 0 Å². The summed E-state index contributed by atoms with van der Waals surface area (Å²) in [5, 5.41) is 3.32. The van der Waals surface area contributed by atoms with Gasteiger partial charge in [0.2, 0.25) is 0 Å². The van der Waals surface area contributed by atoms with Crippen molar-refractivity contribution in [1.82, 2.24) is 15.2 Å². The first-order chi connectivity index (χ1) is 9.08. The molecule has 2 N–H and O–H groups in total. The Morgan fingerprint density at radius 1 is 1.37 bits per heavy atom. The average molecular weight is 261 g/mol. The van der Waals surface area contributed by atoms with Crippen LogP contribution >= 0.6 is 0 Å². The molecule has 5 heteroatoms. The molecule has 3 heterocycles. The Morgan fingerprint density at radius 3 is 2.89 bits per heavy atom. The number of pyridine rings is 1. The Labute approximate surface area is 112 Å². The Kier molecular flexibility index (Phi) is 2.93. The van der Waals surface area contributed by atoms with E-state index in [0.29, 0.717) is 11.5 Å². The first kappa shape index (κ1) is 12.4. The van der Waals surface area contributed by atoms with Crippen molar-refractivity contribution in [3.05, 3.63) is 33.2 Å². The second-order valence-corrected chi connectivity index (χ2v) is 5.61. The van der Waals surface area contributed by atoms with Gasteiger partial charge in [0.15, 0.2) is 0 Å². The summed E-state index contributed by atoms with van der Waals surface area (Å²) in [6, 6.07) is 2.11. The second kappa shape index (κ2) is 4.49. The lowest BCUT2D eigenvalue weighted by Crippen LogP contribution is -2.41. The molecular weight excluding hydrogens is 242 g/mol. The molecule has 0 saturated carbocycles. The molecule has 0 radical (unpaired) electrons. The minimum atomic E-state index is -0.267. The van der Waals surface area contributed by atoms with Gasteiger partial charge in [0.25, 0.3) is 11.5 Å². The van der Waals surface area contributed by atoms with Crippen LogP contribution in [0.3, 0.4) is 0 Å². The van der Waals surface area contributed by atoms with Crippen LogP contribution in [0.25, 0.3) is 0 Å². The fourth-order valence-corrected chi connectivity index (χ4v) is 3.36. The van der Waals surface area contributed by atoms with Gasteiger partial charge in [-0.15, -0.1) is 0 Å². The number of nitrogens with one attached hydrogen (secondary N) is 2. The minimum absolute atomic E-state index is 0.116. The number of hydrogen-bond acceptors (Lipinski definition) is 3. The van der Waals surface area contributed by atoms with Gasteiger partial charge >= 0.3 is 0 Å². The van der Waals surface area contributed by atoms with E-state index >= 15 is 0 Å². The van der Waals surface area contributed by atoms with Gasteiger partial charge < -0.3 is 15.2 Å². The first-order valence-electron chi connectivity index (χ1n) is 6.80. The van der Waals surface area contributed by atoms with E-state index in [-0.39, 0.29) is 17.5 Å². The summed E-state index contributed by atoms with van der Waals surface area (Å²) in [6.07, 6.45) is 1.03. The molecule has 2 fully saturated rings. The molecule has 1 amide bonds. The quantitative estimate of drug-likeness (QED) is 0.770. The Balaban J connectivity index is 1.95. The monoisotopic (exact) mass is 261 g/mol. The highest BCUT2D eigenvalue weighted by Crippen LogP contribution is 2.28. The van der Waals surface area contributed by atoms with E-state index in [1.807, 2.05) is 24.8 Å². The number of H-pyrrole nitrogens is 1. The molecule has 19 heavy (non-hydrogen) atoms. The molecule has 0 aromatic carbocycles. The van der Waals surface area contributed by atoms with Gasteiger partial charge in [-0.2, -0.15) is 0 Å². The highest BCUT2D eigenvalue weighted by Gasteiger charge is 2.40. The van der Waals surface area contributed by atoms with Crippen LogP contribution in [0, 0.1) is 19.8 Å². The number of amides is 1. The molecule has 5 nitrogen and oxygen atoms in total. The van der Waals surface area contributed by atoms with Crippen molar-refractivity contribution in [1.29, 1.82) is 0 Å². The summed E-state index contributed by atoms with van der Waals surface area (Å²) in [5.41, 5.74) is 1.59. The number of nitrogens with zero attached hydrogens (tertiary/aromatic N) is 1. The molecule has 0 bridgehead atoms. The molecule has 3 rings (SSSR count). The molecule has 2 atom stereocenters. The zero-order valence-electron chi connectivity index (χ0n) is 11.3. The zero-order chi connectivity index (χ0) is 13.6. The highest BCUT2D eigenvalue weighted by atomic mass is 16.2. The third-order valence-electron chi connectivity index (χ3n) is 4.29. The minimum Gasteiger partial charge on any atom is -0.334 e. The van der Waals surface area contributed by atoms with Crippen LogP contribution in [-0.2, 0) is 0 Å². The summed E-state index contributed by atoms with van der Waals surface area (Å²) >= 11 is 0. The Hall–Kier alpha value is -1.62. The molecule has 102 valence electrons. The van der Waals surface area contributed by atoms with E-state index in [4.69, 9.17) is 0 Å². The van der Waals surface area contributed by atoms with Crippen molar-refractivity contribution in [2.45, 2.75) is 26.3 Å². The number of hydrogen-bond donors (Lipinski definition) is 2. The fraction of sp³-hybridized carbons (Fsp3) is 0.571. The van der Waals surface area contributed by atoms with Crippen LogP contribution in [0.4, 0.5) is 0 Å². The molecule has 1 aromatic heterocycles. The van der Waals surface area contributed by atoms with Crippen LogP contribution in [0.15, 0.2) is 10.9 Å². The number of carbonyl (C=O) groups excluding carboxylic acids is 1. The predicted molar refractivity (Wildman–Crippen MR) is 72.3 cm³/mol. The van der Waals surface area contributed by atoms with Crippen LogP contribution < -0.4 is 10.9 Å². The smallest absolute Gasteiger partial charge is 0.261 e. The summed E-state index contributed by atoms with van der Waals surface area (Å²) in [5.74, 6) is 0.434. The molecule has 2 aliphatic rings. The van der Waals surface area contributed by atoms with Crippen LogP contribution in [0.1, 0.15) is 28.0 Å². The number of carbonyl (C=O) groups is 1. The van der Waals surface area contributed by atoms with E-state index in [1.165, 1.54) is 0 Å². The number of aryl methyl sites for hydroxylation is 2. The van der Waals surface area contributed by atoms with Gasteiger partial charge in [0.05, 0.1) is 0 Å². The van der Waals surface area contributed by atoms with Gasteiger partial charge in [-0.3, -0.25) is 9.59 Å². The molecule has 0 spiro atoms.